The van der Waals surface area contributed by atoms with E-state index < -0.39 is 0 Å². The minimum Gasteiger partial charge on any atom is -0.399 e. The second-order valence-electron chi connectivity index (χ2n) is 3.72. The van der Waals surface area contributed by atoms with Crippen molar-refractivity contribution in [3.05, 3.63) is 42.0 Å². The van der Waals surface area contributed by atoms with E-state index in [0.29, 0.717) is 0 Å². The lowest BCUT2D eigenvalue weighted by molar-refractivity contribution is 0.357. The van der Waals surface area contributed by atoms with Crippen LogP contribution in [0.15, 0.2) is 36.4 Å². The average Bonchev–Trinajstić information content (AvgIpc) is 2.70. The number of hydrogen-bond acceptors (Lipinski definition) is 2. The van der Waals surface area contributed by atoms with Gasteiger partial charge in [-0.15, -0.1) is 0 Å². The summed E-state index contributed by atoms with van der Waals surface area (Å²) in [5, 5.41) is 0. The third kappa shape index (κ3) is 2.36. The van der Waals surface area contributed by atoms with Gasteiger partial charge in [0, 0.05) is 25.3 Å². The summed E-state index contributed by atoms with van der Waals surface area (Å²) in [5.41, 5.74) is 7.84. The van der Waals surface area contributed by atoms with Crippen LogP contribution in [0, 0.1) is 0 Å². The summed E-state index contributed by atoms with van der Waals surface area (Å²) in [6.07, 6.45) is 5.56. The fourth-order valence-corrected chi connectivity index (χ4v) is 1.68. The lowest BCUT2D eigenvalue weighted by atomic mass is 10.1. The highest BCUT2D eigenvalue weighted by Gasteiger charge is 2.05. The molecule has 0 unspecified atom stereocenters. The van der Waals surface area contributed by atoms with Crippen LogP contribution in [0.4, 0.5) is 5.69 Å². The van der Waals surface area contributed by atoms with Crippen LogP contribution in [0.1, 0.15) is 5.56 Å². The summed E-state index contributed by atoms with van der Waals surface area (Å²) < 4.78 is 0. The van der Waals surface area contributed by atoms with Crippen LogP contribution in [0.25, 0.3) is 0 Å². The number of rotatable bonds is 3. The molecule has 1 aliphatic heterocycles. The predicted octanol–water partition coefficient (Wildman–Crippen LogP) is 1.68. The Morgan fingerprint density at radius 2 is 1.71 bits per heavy atom. The first-order valence-electron chi connectivity index (χ1n) is 5.06. The molecule has 0 aromatic heterocycles. The van der Waals surface area contributed by atoms with E-state index in [9.17, 15) is 0 Å². The molecule has 2 heteroatoms. The highest BCUT2D eigenvalue weighted by atomic mass is 15.1. The molecule has 0 spiro atoms. The Kier molecular flexibility index (Phi) is 2.84. The molecule has 1 aromatic carbocycles. The molecule has 74 valence electrons. The van der Waals surface area contributed by atoms with Crippen molar-refractivity contribution in [2.24, 2.45) is 0 Å². The standard InChI is InChI=1S/C12H16N2/c13-12-5-3-11(4-6-12)7-10-14-8-1-2-9-14/h1-6H,7-10,13H2. The number of nitrogens with zero attached hydrogens (tertiary/aromatic N) is 1. The number of benzene rings is 1. The minimum atomic E-state index is 0.844. The molecule has 0 radical (unpaired) electrons. The molecule has 0 amide bonds. The van der Waals surface area contributed by atoms with Gasteiger partial charge in [0.15, 0.2) is 0 Å². The molecule has 0 fully saturated rings. The highest BCUT2D eigenvalue weighted by Crippen LogP contribution is 2.07. The van der Waals surface area contributed by atoms with Crippen LogP contribution in [-0.4, -0.2) is 24.5 Å². The number of nitrogens with two attached hydrogens (primary N) is 1. The van der Waals surface area contributed by atoms with Gasteiger partial charge in [-0.1, -0.05) is 24.3 Å². The lowest BCUT2D eigenvalue weighted by Gasteiger charge is -2.14. The van der Waals surface area contributed by atoms with Gasteiger partial charge in [0.1, 0.15) is 0 Å². The molecule has 2 N–H and O–H groups in total. The van der Waals surface area contributed by atoms with Gasteiger partial charge in [0.05, 0.1) is 0 Å². The number of anilines is 1. The fraction of sp³-hybridized carbons (Fsp3) is 0.333. The molecule has 0 aliphatic carbocycles. The van der Waals surface area contributed by atoms with Crippen molar-refractivity contribution in [1.29, 1.82) is 0 Å². The number of hydrogen-bond donors (Lipinski definition) is 1. The highest BCUT2D eigenvalue weighted by molar-refractivity contribution is 5.39. The third-order valence-electron chi connectivity index (χ3n) is 2.59. The van der Waals surface area contributed by atoms with E-state index in [1.54, 1.807) is 0 Å². The first kappa shape index (κ1) is 9.28. The minimum absolute atomic E-state index is 0.844. The van der Waals surface area contributed by atoms with E-state index in [2.05, 4.69) is 29.2 Å². The van der Waals surface area contributed by atoms with Crippen molar-refractivity contribution in [3.63, 3.8) is 0 Å². The van der Waals surface area contributed by atoms with E-state index in [-0.39, 0.29) is 0 Å². The molecule has 2 nitrogen and oxygen atoms in total. The molecule has 1 aromatic rings. The Hall–Kier alpha value is -1.28. The Morgan fingerprint density at radius 3 is 2.36 bits per heavy atom. The Labute approximate surface area is 85.0 Å². The summed E-state index contributed by atoms with van der Waals surface area (Å²) >= 11 is 0. The molecule has 0 saturated carbocycles. The van der Waals surface area contributed by atoms with Gasteiger partial charge in [-0.25, -0.2) is 0 Å². The monoisotopic (exact) mass is 188 g/mol. The molecule has 2 rings (SSSR count). The zero-order chi connectivity index (χ0) is 9.80. The van der Waals surface area contributed by atoms with Gasteiger partial charge < -0.3 is 5.73 Å². The van der Waals surface area contributed by atoms with Crippen LogP contribution < -0.4 is 5.73 Å². The van der Waals surface area contributed by atoms with Gasteiger partial charge in [-0.2, -0.15) is 0 Å². The van der Waals surface area contributed by atoms with Gasteiger partial charge in [-0.05, 0) is 24.1 Å². The molecular weight excluding hydrogens is 172 g/mol. The Balaban J connectivity index is 1.82. The molecule has 14 heavy (non-hydrogen) atoms. The van der Waals surface area contributed by atoms with Crippen molar-refractivity contribution in [2.45, 2.75) is 6.42 Å². The van der Waals surface area contributed by atoms with Crippen molar-refractivity contribution in [1.82, 2.24) is 4.90 Å². The van der Waals surface area contributed by atoms with Gasteiger partial charge in [0.25, 0.3) is 0 Å². The smallest absolute Gasteiger partial charge is 0.0314 e. The molecule has 0 atom stereocenters. The largest absolute Gasteiger partial charge is 0.399 e. The maximum atomic E-state index is 5.62. The zero-order valence-corrected chi connectivity index (χ0v) is 8.32. The first-order chi connectivity index (χ1) is 6.84. The van der Waals surface area contributed by atoms with Crippen molar-refractivity contribution in [2.75, 3.05) is 25.4 Å². The quantitative estimate of drug-likeness (QED) is 0.577. The molecule has 1 heterocycles. The summed E-state index contributed by atoms with van der Waals surface area (Å²) in [7, 11) is 0. The van der Waals surface area contributed by atoms with Crippen LogP contribution in [-0.2, 0) is 6.42 Å². The van der Waals surface area contributed by atoms with Crippen LogP contribution in [0.5, 0.6) is 0 Å². The predicted molar refractivity (Wildman–Crippen MR) is 60.1 cm³/mol. The van der Waals surface area contributed by atoms with Crippen LogP contribution >= 0.6 is 0 Å². The second kappa shape index (κ2) is 4.29. The van der Waals surface area contributed by atoms with E-state index in [0.717, 1.165) is 31.7 Å². The van der Waals surface area contributed by atoms with Gasteiger partial charge in [0.2, 0.25) is 0 Å². The molecular formula is C12H16N2. The maximum Gasteiger partial charge on any atom is 0.0314 e. The molecule has 0 bridgehead atoms. The summed E-state index contributed by atoms with van der Waals surface area (Å²) in [5.74, 6) is 0. The second-order valence-corrected chi connectivity index (χ2v) is 3.72. The first-order valence-corrected chi connectivity index (χ1v) is 5.06. The lowest BCUT2D eigenvalue weighted by Crippen LogP contribution is -2.22. The summed E-state index contributed by atoms with van der Waals surface area (Å²) in [6.45, 7) is 3.35. The number of nitrogen functional groups attached to an aromatic ring is 1. The van der Waals surface area contributed by atoms with E-state index in [4.69, 9.17) is 5.73 Å². The van der Waals surface area contributed by atoms with Crippen molar-refractivity contribution in [3.8, 4) is 0 Å². The van der Waals surface area contributed by atoms with E-state index in [1.807, 2.05) is 12.1 Å². The Bertz CT molecular complexity index is 306. The maximum absolute atomic E-state index is 5.62. The SMILES string of the molecule is Nc1ccc(CCN2CC=CC2)cc1. The van der Waals surface area contributed by atoms with E-state index in [1.165, 1.54) is 5.56 Å². The summed E-state index contributed by atoms with van der Waals surface area (Å²) in [4.78, 5) is 2.43. The van der Waals surface area contributed by atoms with Crippen LogP contribution in [0.2, 0.25) is 0 Å². The topological polar surface area (TPSA) is 29.3 Å². The van der Waals surface area contributed by atoms with Gasteiger partial charge in [-0.3, -0.25) is 4.90 Å². The molecule has 1 aliphatic rings. The van der Waals surface area contributed by atoms with Gasteiger partial charge >= 0.3 is 0 Å². The third-order valence-corrected chi connectivity index (χ3v) is 2.59. The molecule has 0 saturated heterocycles. The van der Waals surface area contributed by atoms with Crippen LogP contribution in [0.3, 0.4) is 0 Å². The Morgan fingerprint density at radius 1 is 1.07 bits per heavy atom. The fourth-order valence-electron chi connectivity index (χ4n) is 1.68. The summed E-state index contributed by atoms with van der Waals surface area (Å²) in [6, 6.07) is 8.16. The van der Waals surface area contributed by atoms with Crippen molar-refractivity contribution >= 4 is 5.69 Å². The van der Waals surface area contributed by atoms with Crippen molar-refractivity contribution < 1.29 is 0 Å². The normalized spacial score (nSPS) is 16.3. The van der Waals surface area contributed by atoms with E-state index >= 15 is 0 Å². The average molecular weight is 188 g/mol. The zero-order valence-electron chi connectivity index (χ0n) is 8.32.